The molecule has 0 bridgehead atoms. The van der Waals surface area contributed by atoms with Crippen molar-refractivity contribution >= 4 is 40.7 Å². The molecular weight excluding hydrogens is 486 g/mol. The first kappa shape index (κ1) is 24.8. The number of hydrogen-bond acceptors (Lipinski definition) is 7. The lowest BCUT2D eigenvalue weighted by atomic mass is 9.94. The van der Waals surface area contributed by atoms with E-state index in [9.17, 15) is 19.5 Å². The Balaban J connectivity index is 2.00. The molecule has 8 nitrogen and oxygen atoms in total. The highest BCUT2D eigenvalue weighted by Crippen LogP contribution is 2.45. The normalized spacial score (nSPS) is 16.7. The van der Waals surface area contributed by atoms with Gasteiger partial charge in [0.2, 0.25) is 0 Å². The van der Waals surface area contributed by atoms with Crippen LogP contribution in [-0.2, 0) is 14.3 Å². The van der Waals surface area contributed by atoms with Crippen molar-refractivity contribution in [1.82, 2.24) is 0 Å². The molecule has 0 aliphatic carbocycles. The number of rotatable bonds is 6. The van der Waals surface area contributed by atoms with Crippen LogP contribution in [0.5, 0.6) is 11.5 Å². The van der Waals surface area contributed by atoms with E-state index in [-0.39, 0.29) is 27.4 Å². The maximum absolute atomic E-state index is 13.4. The van der Waals surface area contributed by atoms with E-state index in [0.29, 0.717) is 17.1 Å². The van der Waals surface area contributed by atoms with Crippen molar-refractivity contribution in [2.45, 2.75) is 6.04 Å². The number of carbonyl (C=O) groups is 3. The van der Waals surface area contributed by atoms with Gasteiger partial charge in [0.05, 0.1) is 43.5 Å². The molecular formula is C27H22ClNO7. The van der Waals surface area contributed by atoms with Crippen LogP contribution < -0.4 is 14.4 Å². The highest BCUT2D eigenvalue weighted by Gasteiger charge is 2.48. The van der Waals surface area contributed by atoms with E-state index in [0.717, 1.165) is 0 Å². The van der Waals surface area contributed by atoms with Crippen LogP contribution in [0.3, 0.4) is 0 Å². The van der Waals surface area contributed by atoms with Crippen LogP contribution in [0.2, 0.25) is 5.02 Å². The van der Waals surface area contributed by atoms with E-state index in [1.54, 1.807) is 42.5 Å². The molecule has 36 heavy (non-hydrogen) atoms. The minimum Gasteiger partial charge on any atom is -0.507 e. The number of benzene rings is 3. The van der Waals surface area contributed by atoms with Gasteiger partial charge in [-0.3, -0.25) is 14.5 Å². The van der Waals surface area contributed by atoms with Crippen molar-refractivity contribution in [3.8, 4) is 11.5 Å². The van der Waals surface area contributed by atoms with Crippen molar-refractivity contribution in [3.05, 3.63) is 94.0 Å². The molecule has 1 amide bonds. The molecule has 1 unspecified atom stereocenters. The van der Waals surface area contributed by atoms with Crippen molar-refractivity contribution in [1.29, 1.82) is 0 Å². The third-order valence-corrected chi connectivity index (χ3v) is 6.18. The van der Waals surface area contributed by atoms with E-state index < -0.39 is 29.5 Å². The molecule has 1 N–H and O–H groups in total. The van der Waals surface area contributed by atoms with Gasteiger partial charge in [0.25, 0.3) is 11.7 Å². The zero-order chi connectivity index (χ0) is 26.0. The van der Waals surface area contributed by atoms with Gasteiger partial charge in [0.15, 0.2) is 0 Å². The minimum absolute atomic E-state index is 0.122. The van der Waals surface area contributed by atoms with E-state index in [4.69, 9.17) is 25.8 Å². The van der Waals surface area contributed by atoms with Crippen LogP contribution in [0.1, 0.15) is 27.5 Å². The number of methoxy groups -OCH3 is 3. The number of hydrogen-bond donors (Lipinski definition) is 1. The number of carbonyl (C=O) groups excluding carboxylic acids is 3. The van der Waals surface area contributed by atoms with E-state index in [2.05, 4.69) is 0 Å². The van der Waals surface area contributed by atoms with Crippen LogP contribution in [0.4, 0.5) is 5.69 Å². The number of ether oxygens (including phenoxy) is 3. The molecule has 0 radical (unpaired) electrons. The van der Waals surface area contributed by atoms with Gasteiger partial charge in [0.1, 0.15) is 17.3 Å². The van der Waals surface area contributed by atoms with Crippen molar-refractivity contribution in [2.24, 2.45) is 0 Å². The van der Waals surface area contributed by atoms with Gasteiger partial charge < -0.3 is 19.3 Å². The Hall–Kier alpha value is -4.30. The molecule has 0 aromatic heterocycles. The number of anilines is 1. The fourth-order valence-electron chi connectivity index (χ4n) is 4.14. The molecule has 3 aromatic carbocycles. The predicted molar refractivity (Wildman–Crippen MR) is 134 cm³/mol. The van der Waals surface area contributed by atoms with Crippen LogP contribution in [0.15, 0.2) is 72.3 Å². The lowest BCUT2D eigenvalue weighted by Gasteiger charge is -2.27. The molecule has 1 aliphatic heterocycles. The van der Waals surface area contributed by atoms with Crippen molar-refractivity contribution < 1.29 is 33.7 Å². The second kappa shape index (κ2) is 10.1. The summed E-state index contributed by atoms with van der Waals surface area (Å²) >= 11 is 6.35. The number of esters is 1. The maximum atomic E-state index is 13.4. The Morgan fingerprint density at radius 2 is 1.69 bits per heavy atom. The third-order valence-electron chi connectivity index (χ3n) is 5.85. The SMILES string of the molecule is COC(=O)c1cccc(N2C(=O)C(=O)/C(=C(/O)c3cc(OC)ccc3Cl)C2c2ccccc2OC)c1. The largest absolute Gasteiger partial charge is 0.507 e. The van der Waals surface area contributed by atoms with E-state index in [1.807, 2.05) is 0 Å². The summed E-state index contributed by atoms with van der Waals surface area (Å²) in [6, 6.07) is 16.5. The molecule has 9 heteroatoms. The number of ketones is 1. The number of nitrogens with zero attached hydrogens (tertiary/aromatic N) is 1. The molecule has 0 spiro atoms. The summed E-state index contributed by atoms with van der Waals surface area (Å²) < 4.78 is 15.5. The quantitative estimate of drug-likeness (QED) is 0.222. The Bertz CT molecular complexity index is 1400. The van der Waals surface area contributed by atoms with Gasteiger partial charge in [0, 0.05) is 16.8 Å². The summed E-state index contributed by atoms with van der Waals surface area (Å²) in [7, 11) is 4.16. The smallest absolute Gasteiger partial charge is 0.337 e. The summed E-state index contributed by atoms with van der Waals surface area (Å²) in [5.41, 5.74) is 0.821. The zero-order valence-electron chi connectivity index (χ0n) is 19.7. The second-order valence-corrected chi connectivity index (χ2v) is 8.21. The summed E-state index contributed by atoms with van der Waals surface area (Å²) in [6.45, 7) is 0. The van der Waals surface area contributed by atoms with E-state index >= 15 is 0 Å². The van der Waals surface area contributed by atoms with E-state index in [1.165, 1.54) is 50.5 Å². The molecule has 0 saturated carbocycles. The first-order valence-electron chi connectivity index (χ1n) is 10.8. The molecule has 184 valence electrons. The Morgan fingerprint density at radius 3 is 2.39 bits per heavy atom. The lowest BCUT2D eigenvalue weighted by molar-refractivity contribution is -0.132. The van der Waals surface area contributed by atoms with Crippen molar-refractivity contribution in [2.75, 3.05) is 26.2 Å². The molecule has 1 saturated heterocycles. The van der Waals surface area contributed by atoms with Crippen LogP contribution >= 0.6 is 11.6 Å². The van der Waals surface area contributed by atoms with Crippen molar-refractivity contribution in [3.63, 3.8) is 0 Å². The van der Waals surface area contributed by atoms with Gasteiger partial charge in [-0.25, -0.2) is 4.79 Å². The average Bonchev–Trinajstić information content (AvgIpc) is 3.18. The number of Topliss-reactive ketones (excluding diaryl/α,β-unsaturated/α-hetero) is 1. The highest BCUT2D eigenvalue weighted by molar-refractivity contribution is 6.52. The first-order valence-corrected chi connectivity index (χ1v) is 11.2. The van der Waals surface area contributed by atoms with Crippen LogP contribution in [-0.4, -0.2) is 44.1 Å². The Labute approximate surface area is 212 Å². The second-order valence-electron chi connectivity index (χ2n) is 7.80. The molecule has 3 aromatic rings. The molecule has 1 fully saturated rings. The third kappa shape index (κ3) is 4.27. The highest BCUT2D eigenvalue weighted by atomic mass is 35.5. The van der Waals surface area contributed by atoms with Gasteiger partial charge in [-0.2, -0.15) is 0 Å². The minimum atomic E-state index is -1.09. The van der Waals surface area contributed by atoms with Gasteiger partial charge in [-0.05, 0) is 42.5 Å². The van der Waals surface area contributed by atoms with Gasteiger partial charge >= 0.3 is 5.97 Å². The number of aliphatic hydroxyl groups is 1. The number of para-hydroxylation sites is 1. The topological polar surface area (TPSA) is 102 Å². The number of amides is 1. The van der Waals surface area contributed by atoms with Crippen LogP contribution in [0, 0.1) is 0 Å². The monoisotopic (exact) mass is 507 g/mol. The van der Waals surface area contributed by atoms with Crippen LogP contribution in [0.25, 0.3) is 5.76 Å². The Morgan fingerprint density at radius 1 is 0.944 bits per heavy atom. The van der Waals surface area contributed by atoms with Gasteiger partial charge in [-0.15, -0.1) is 0 Å². The fourth-order valence-corrected chi connectivity index (χ4v) is 4.35. The first-order chi connectivity index (χ1) is 17.3. The molecule has 1 atom stereocenters. The Kier molecular flexibility index (Phi) is 6.98. The van der Waals surface area contributed by atoms with Gasteiger partial charge in [-0.1, -0.05) is 35.9 Å². The zero-order valence-corrected chi connectivity index (χ0v) is 20.4. The summed E-state index contributed by atoms with van der Waals surface area (Å²) in [6.07, 6.45) is 0. The number of aliphatic hydroxyl groups excluding tert-OH is 1. The predicted octanol–water partition coefficient (Wildman–Crippen LogP) is 4.77. The average molecular weight is 508 g/mol. The fraction of sp³-hybridized carbons (Fsp3) is 0.148. The number of halogens is 1. The molecule has 1 heterocycles. The summed E-state index contributed by atoms with van der Waals surface area (Å²) in [5, 5.41) is 11.5. The lowest BCUT2D eigenvalue weighted by Crippen LogP contribution is -2.29. The molecule has 1 aliphatic rings. The summed E-state index contributed by atoms with van der Waals surface area (Å²) in [4.78, 5) is 40.2. The standard InChI is InChI=1S/C27H22ClNO7/c1-34-17-11-12-20(28)19(14-17)24(30)22-23(18-9-4-5-10-21(18)35-2)29(26(32)25(22)31)16-8-6-7-15(13-16)27(33)36-3/h4-14,23,30H,1-3H3/b24-22+. The maximum Gasteiger partial charge on any atom is 0.337 e. The summed E-state index contributed by atoms with van der Waals surface area (Å²) in [5.74, 6) is -2.11. The molecule has 4 rings (SSSR count).